The molecule has 0 aliphatic heterocycles. The molecule has 0 aromatic carbocycles. The van der Waals surface area contributed by atoms with Gasteiger partial charge in [-0.2, -0.15) is 0 Å². The Hall–Kier alpha value is -3.75. The number of hydrogen-bond donors (Lipinski definition) is 0. The molecule has 57 heavy (non-hydrogen) atoms. The summed E-state index contributed by atoms with van der Waals surface area (Å²) in [5.41, 5.74) is 0. The number of carboxylic acids is 1. The van der Waals surface area contributed by atoms with E-state index < -0.39 is 18.1 Å². The lowest BCUT2D eigenvalue weighted by molar-refractivity contribution is -0.889. The zero-order valence-corrected chi connectivity index (χ0v) is 36.5. The average molecular weight is 794 g/mol. The smallest absolute Gasteiger partial charge is 0.306 e. The molecule has 0 radical (unpaired) electrons. The second-order valence-electron chi connectivity index (χ2n) is 15.2. The molecule has 322 valence electrons. The zero-order valence-electron chi connectivity index (χ0n) is 36.5. The Morgan fingerprint density at radius 3 is 1.37 bits per heavy atom. The normalized spacial score (nSPS) is 13.9. The molecule has 0 spiro atoms. The highest BCUT2D eigenvalue weighted by molar-refractivity contribution is 5.70. The van der Waals surface area contributed by atoms with Crippen LogP contribution in [0.1, 0.15) is 142 Å². The van der Waals surface area contributed by atoms with Gasteiger partial charge in [-0.1, -0.05) is 130 Å². The molecule has 0 heterocycles. The predicted molar refractivity (Wildman–Crippen MR) is 235 cm³/mol. The number of esters is 2. The van der Waals surface area contributed by atoms with Crippen molar-refractivity contribution in [2.75, 3.05) is 41.0 Å². The van der Waals surface area contributed by atoms with Crippen molar-refractivity contribution in [3.8, 4) is 0 Å². The van der Waals surface area contributed by atoms with E-state index >= 15 is 0 Å². The second kappa shape index (κ2) is 39.1. The molecule has 2 atom stereocenters. The Kier molecular flexibility index (Phi) is 36.5. The van der Waals surface area contributed by atoms with Crippen molar-refractivity contribution in [2.24, 2.45) is 0 Å². The van der Waals surface area contributed by atoms with Gasteiger partial charge in [0.05, 0.1) is 40.3 Å². The summed E-state index contributed by atoms with van der Waals surface area (Å²) in [5.74, 6) is -1.82. The van der Waals surface area contributed by atoms with Crippen LogP contribution in [0.15, 0.2) is 97.2 Å². The SMILES string of the molecule is CC/C=C/C/C=C/C/C=C/C/C=C/C/C=C/CCCCCC(=O)OCC(COCCC(C(=O)[O-])[N+](C)(C)C)OC(=O)CCCCCC/C=C/C/C=C/C/C=C/CC. The number of unbranched alkanes of at least 4 members (excludes halogenated alkanes) is 7. The van der Waals surface area contributed by atoms with Crippen molar-refractivity contribution in [1.82, 2.24) is 0 Å². The first-order valence-electron chi connectivity index (χ1n) is 21.8. The standard InChI is InChI=1S/C49H79NO7/c1-6-8-10-12-14-16-18-20-22-23-24-25-26-28-29-31-33-35-37-39-47(51)56-44-45(43-55-42-41-46(49(53)54)50(3,4)5)57-48(52)40-38-36-34-32-30-27-21-19-17-15-13-11-9-7-2/h8-11,14-17,20-22,24-25,27-29,45-46H,6-7,12-13,18-19,23,26,30-44H2,1-5H3/b10-8+,11-9+,16-14+,17-15+,22-20+,25-24+,27-21+,29-28+. The molecule has 0 aromatic heterocycles. The summed E-state index contributed by atoms with van der Waals surface area (Å²) in [4.78, 5) is 36.8. The lowest BCUT2D eigenvalue weighted by atomic mass is 10.1. The third kappa shape index (κ3) is 37.6. The Morgan fingerprint density at radius 1 is 0.526 bits per heavy atom. The maximum atomic E-state index is 12.7. The van der Waals surface area contributed by atoms with Crippen molar-refractivity contribution in [3.05, 3.63) is 97.2 Å². The van der Waals surface area contributed by atoms with Crippen molar-refractivity contribution >= 4 is 17.9 Å². The largest absolute Gasteiger partial charge is 0.544 e. The number of allylic oxidation sites excluding steroid dienone is 16. The maximum Gasteiger partial charge on any atom is 0.306 e. The monoisotopic (exact) mass is 794 g/mol. The van der Waals surface area contributed by atoms with E-state index in [0.29, 0.717) is 6.42 Å². The van der Waals surface area contributed by atoms with Gasteiger partial charge >= 0.3 is 11.9 Å². The number of carboxylic acid groups (broad SMARTS) is 1. The maximum absolute atomic E-state index is 12.7. The molecule has 0 bridgehead atoms. The summed E-state index contributed by atoms with van der Waals surface area (Å²) in [6, 6.07) is -0.741. The van der Waals surface area contributed by atoms with Gasteiger partial charge in [-0.3, -0.25) is 9.59 Å². The number of quaternary nitrogens is 1. The fourth-order valence-corrected chi connectivity index (χ4v) is 5.64. The van der Waals surface area contributed by atoms with Crippen LogP contribution in [0, 0.1) is 0 Å². The number of carbonyl (C=O) groups excluding carboxylic acids is 3. The predicted octanol–water partition coefficient (Wildman–Crippen LogP) is 10.6. The van der Waals surface area contributed by atoms with Crippen LogP contribution in [0.4, 0.5) is 0 Å². The van der Waals surface area contributed by atoms with Crippen molar-refractivity contribution in [1.29, 1.82) is 0 Å². The molecule has 8 heteroatoms. The topological polar surface area (TPSA) is 102 Å². The number of ether oxygens (including phenoxy) is 3. The van der Waals surface area contributed by atoms with Gasteiger partial charge in [-0.15, -0.1) is 0 Å². The first kappa shape index (κ1) is 53.2. The van der Waals surface area contributed by atoms with Crippen molar-refractivity contribution in [3.63, 3.8) is 0 Å². The van der Waals surface area contributed by atoms with Gasteiger partial charge in [-0.25, -0.2) is 0 Å². The zero-order chi connectivity index (χ0) is 42.1. The molecule has 0 saturated heterocycles. The van der Waals surface area contributed by atoms with E-state index in [-0.39, 0.29) is 49.1 Å². The average Bonchev–Trinajstić information content (AvgIpc) is 3.17. The molecular formula is C49H79NO7. The van der Waals surface area contributed by atoms with E-state index in [1.807, 2.05) is 0 Å². The summed E-state index contributed by atoms with van der Waals surface area (Å²) in [6.45, 7) is 4.35. The van der Waals surface area contributed by atoms with Crippen LogP contribution in [0.25, 0.3) is 0 Å². The van der Waals surface area contributed by atoms with E-state index in [2.05, 4.69) is 111 Å². The lowest BCUT2D eigenvalue weighted by Crippen LogP contribution is -2.55. The summed E-state index contributed by atoms with van der Waals surface area (Å²) >= 11 is 0. The van der Waals surface area contributed by atoms with Crippen molar-refractivity contribution in [2.45, 2.75) is 154 Å². The molecule has 0 N–H and O–H groups in total. The van der Waals surface area contributed by atoms with Gasteiger partial charge in [-0.05, 0) is 89.9 Å². The molecule has 2 unspecified atom stereocenters. The number of nitrogens with zero attached hydrogens (tertiary/aromatic N) is 1. The molecule has 0 rings (SSSR count). The Balaban J connectivity index is 4.46. The van der Waals surface area contributed by atoms with Crippen LogP contribution in [-0.4, -0.2) is 75.5 Å². The molecule has 0 aromatic rings. The van der Waals surface area contributed by atoms with E-state index in [1.165, 1.54) is 0 Å². The highest BCUT2D eigenvalue weighted by Crippen LogP contribution is 2.11. The van der Waals surface area contributed by atoms with Crippen LogP contribution in [0.3, 0.4) is 0 Å². The van der Waals surface area contributed by atoms with Crippen molar-refractivity contribution < 1.29 is 38.2 Å². The van der Waals surface area contributed by atoms with E-state index in [4.69, 9.17) is 14.2 Å². The highest BCUT2D eigenvalue weighted by atomic mass is 16.6. The van der Waals surface area contributed by atoms with Crippen LogP contribution >= 0.6 is 0 Å². The number of carbonyl (C=O) groups is 3. The summed E-state index contributed by atoms with van der Waals surface area (Å²) in [5, 5.41) is 11.6. The van der Waals surface area contributed by atoms with Gasteiger partial charge < -0.3 is 28.6 Å². The Bertz CT molecular complexity index is 1250. The minimum absolute atomic E-state index is 0.0140. The lowest BCUT2D eigenvalue weighted by Gasteiger charge is -2.34. The van der Waals surface area contributed by atoms with E-state index in [0.717, 1.165) is 109 Å². The van der Waals surface area contributed by atoms with Crippen LogP contribution in [-0.2, 0) is 28.6 Å². The molecule has 0 aliphatic rings. The minimum Gasteiger partial charge on any atom is -0.544 e. The summed E-state index contributed by atoms with van der Waals surface area (Å²) in [7, 11) is 5.37. The number of hydrogen-bond acceptors (Lipinski definition) is 7. The van der Waals surface area contributed by atoms with Gasteiger partial charge in [0.25, 0.3) is 0 Å². The van der Waals surface area contributed by atoms with Gasteiger partial charge in [0, 0.05) is 19.3 Å². The Labute approximate surface area is 347 Å². The summed E-state index contributed by atoms with van der Waals surface area (Å²) in [6.07, 6.45) is 51.5. The number of rotatable bonds is 37. The molecule has 0 amide bonds. The van der Waals surface area contributed by atoms with Crippen LogP contribution in [0.5, 0.6) is 0 Å². The molecule has 0 saturated carbocycles. The van der Waals surface area contributed by atoms with Crippen LogP contribution in [0.2, 0.25) is 0 Å². The van der Waals surface area contributed by atoms with E-state index in [9.17, 15) is 19.5 Å². The van der Waals surface area contributed by atoms with Crippen LogP contribution < -0.4 is 5.11 Å². The second-order valence-corrected chi connectivity index (χ2v) is 15.2. The van der Waals surface area contributed by atoms with Gasteiger partial charge in [0.1, 0.15) is 12.6 Å². The minimum atomic E-state index is -1.14. The number of aliphatic carboxylic acids is 1. The first-order valence-corrected chi connectivity index (χ1v) is 21.8. The third-order valence-corrected chi connectivity index (χ3v) is 8.97. The third-order valence-electron chi connectivity index (χ3n) is 8.97. The van der Waals surface area contributed by atoms with E-state index in [1.54, 1.807) is 21.1 Å². The fraction of sp³-hybridized carbons (Fsp3) is 0.612. The van der Waals surface area contributed by atoms with Gasteiger partial charge in [0.15, 0.2) is 6.10 Å². The fourth-order valence-electron chi connectivity index (χ4n) is 5.64. The molecule has 0 fully saturated rings. The highest BCUT2D eigenvalue weighted by Gasteiger charge is 2.25. The number of likely N-dealkylation sites (N-methyl/N-ethyl adjacent to an activating group) is 1. The van der Waals surface area contributed by atoms with Gasteiger partial charge in [0.2, 0.25) is 0 Å². The summed E-state index contributed by atoms with van der Waals surface area (Å²) < 4.78 is 17.1. The molecule has 8 nitrogen and oxygen atoms in total. The first-order chi connectivity index (χ1) is 27.6. The molecular weight excluding hydrogens is 715 g/mol. The molecule has 0 aliphatic carbocycles. The quantitative estimate of drug-likeness (QED) is 0.0267. The Morgan fingerprint density at radius 2 is 0.930 bits per heavy atom.